The lowest BCUT2D eigenvalue weighted by Gasteiger charge is -2.27. The lowest BCUT2D eigenvalue weighted by atomic mass is 10.2. The average Bonchev–Trinajstić information content (AvgIpc) is 3.45. The Morgan fingerprint density at radius 2 is 1.96 bits per heavy atom. The van der Waals surface area contributed by atoms with E-state index in [1.807, 2.05) is 35.7 Å². The number of rotatable bonds is 7. The van der Waals surface area contributed by atoms with Gasteiger partial charge in [-0.15, -0.1) is 11.3 Å². The maximum absolute atomic E-state index is 13.0. The van der Waals surface area contributed by atoms with Crippen molar-refractivity contribution in [1.82, 2.24) is 9.88 Å². The molecular formula is C21H23N3O3S. The topological polar surface area (TPSA) is 58.8 Å². The van der Waals surface area contributed by atoms with Crippen molar-refractivity contribution < 1.29 is 13.9 Å². The van der Waals surface area contributed by atoms with Gasteiger partial charge >= 0.3 is 0 Å². The van der Waals surface area contributed by atoms with Crippen molar-refractivity contribution in [2.75, 3.05) is 44.3 Å². The van der Waals surface area contributed by atoms with Crippen molar-refractivity contribution in [3.63, 3.8) is 0 Å². The lowest BCUT2D eigenvalue weighted by Crippen LogP contribution is -2.39. The van der Waals surface area contributed by atoms with E-state index < -0.39 is 0 Å². The molecule has 28 heavy (non-hydrogen) atoms. The second kappa shape index (κ2) is 9.14. The highest BCUT2D eigenvalue weighted by Gasteiger charge is 2.23. The normalized spacial score (nSPS) is 14.9. The van der Waals surface area contributed by atoms with Gasteiger partial charge in [0, 0.05) is 37.1 Å². The number of carbonyl (C=O) groups excluding carboxylic acids is 1. The van der Waals surface area contributed by atoms with Crippen molar-refractivity contribution >= 4 is 22.4 Å². The van der Waals surface area contributed by atoms with Gasteiger partial charge in [0.25, 0.3) is 5.91 Å². The number of ether oxygens (including phenoxy) is 1. The Labute approximate surface area is 168 Å². The van der Waals surface area contributed by atoms with Crippen LogP contribution in [0.4, 0.5) is 5.13 Å². The van der Waals surface area contributed by atoms with E-state index >= 15 is 0 Å². The molecule has 6 nitrogen and oxygen atoms in total. The maximum Gasteiger partial charge on any atom is 0.295 e. The van der Waals surface area contributed by atoms with Crippen molar-refractivity contribution in [1.29, 1.82) is 0 Å². The maximum atomic E-state index is 13.0. The second-order valence-electron chi connectivity index (χ2n) is 6.62. The van der Waals surface area contributed by atoms with Crippen LogP contribution in [0.3, 0.4) is 0 Å². The van der Waals surface area contributed by atoms with E-state index in [1.54, 1.807) is 17.0 Å². The highest BCUT2D eigenvalue weighted by Crippen LogP contribution is 2.28. The first-order valence-corrected chi connectivity index (χ1v) is 10.4. The van der Waals surface area contributed by atoms with Crippen LogP contribution in [0.5, 0.6) is 0 Å². The summed E-state index contributed by atoms with van der Waals surface area (Å²) in [5.41, 5.74) is 1.93. The minimum atomic E-state index is -0.152. The molecule has 3 aromatic rings. The molecule has 0 aliphatic carbocycles. The molecule has 0 radical (unpaired) electrons. The predicted molar refractivity (Wildman–Crippen MR) is 110 cm³/mol. The summed E-state index contributed by atoms with van der Waals surface area (Å²) >= 11 is 1.48. The van der Waals surface area contributed by atoms with Gasteiger partial charge in [-0.05, 0) is 18.6 Å². The second-order valence-corrected chi connectivity index (χ2v) is 7.46. The zero-order valence-corrected chi connectivity index (χ0v) is 16.4. The van der Waals surface area contributed by atoms with Gasteiger partial charge < -0.3 is 9.15 Å². The predicted octanol–water partition coefficient (Wildman–Crippen LogP) is 3.77. The van der Waals surface area contributed by atoms with Crippen LogP contribution in [0.15, 0.2) is 58.5 Å². The number of benzene rings is 1. The number of aromatic nitrogens is 1. The van der Waals surface area contributed by atoms with Crippen LogP contribution in [-0.2, 0) is 4.74 Å². The van der Waals surface area contributed by atoms with Gasteiger partial charge in [0.15, 0.2) is 10.9 Å². The summed E-state index contributed by atoms with van der Waals surface area (Å²) in [7, 11) is 0. The van der Waals surface area contributed by atoms with E-state index in [-0.39, 0.29) is 5.91 Å². The molecule has 0 bridgehead atoms. The Bertz CT molecular complexity index is 873. The smallest absolute Gasteiger partial charge is 0.295 e. The van der Waals surface area contributed by atoms with Crippen molar-refractivity contribution in [2.24, 2.45) is 0 Å². The van der Waals surface area contributed by atoms with Crippen molar-refractivity contribution in [3.8, 4) is 11.3 Å². The molecule has 2 aromatic heterocycles. The first-order chi connectivity index (χ1) is 13.8. The summed E-state index contributed by atoms with van der Waals surface area (Å²) in [4.78, 5) is 21.8. The average molecular weight is 398 g/mol. The quantitative estimate of drug-likeness (QED) is 0.607. The fraction of sp³-hybridized carbons (Fsp3) is 0.333. The number of nitrogens with zero attached hydrogens (tertiary/aromatic N) is 3. The third-order valence-electron chi connectivity index (χ3n) is 4.73. The molecule has 0 saturated carbocycles. The first-order valence-electron chi connectivity index (χ1n) is 9.48. The highest BCUT2D eigenvalue weighted by atomic mass is 32.1. The Morgan fingerprint density at radius 3 is 2.71 bits per heavy atom. The molecule has 7 heteroatoms. The largest absolute Gasteiger partial charge is 0.459 e. The number of furan rings is 1. The van der Waals surface area contributed by atoms with Crippen molar-refractivity contribution in [3.05, 3.63) is 59.9 Å². The fourth-order valence-corrected chi connectivity index (χ4v) is 4.08. The third-order valence-corrected chi connectivity index (χ3v) is 5.59. The molecule has 1 aliphatic rings. The van der Waals surface area contributed by atoms with Crippen LogP contribution in [0.1, 0.15) is 17.0 Å². The van der Waals surface area contributed by atoms with Gasteiger partial charge in [0.1, 0.15) is 0 Å². The summed E-state index contributed by atoms with van der Waals surface area (Å²) in [6, 6.07) is 13.4. The molecule has 1 fully saturated rings. The van der Waals surface area contributed by atoms with Crippen LogP contribution in [0, 0.1) is 0 Å². The van der Waals surface area contributed by atoms with Crippen LogP contribution in [-0.4, -0.2) is 55.2 Å². The molecule has 146 valence electrons. The molecular weight excluding hydrogens is 374 g/mol. The zero-order chi connectivity index (χ0) is 19.2. The molecule has 4 rings (SSSR count). The van der Waals surface area contributed by atoms with E-state index in [1.165, 1.54) is 17.6 Å². The minimum absolute atomic E-state index is 0.152. The standard InChI is InChI=1S/C21H23N3O3S/c25-20(19-8-4-13-27-19)24(10-5-9-23-11-14-26-15-12-23)21-22-18(16-28-21)17-6-2-1-3-7-17/h1-4,6-8,13,16H,5,9-12,14-15H2. The molecule has 1 saturated heterocycles. The molecule has 3 heterocycles. The van der Waals surface area contributed by atoms with Gasteiger partial charge in [0.2, 0.25) is 0 Å². The van der Waals surface area contributed by atoms with E-state index in [9.17, 15) is 4.79 Å². The SMILES string of the molecule is O=C(c1ccco1)N(CCCN1CCOCC1)c1nc(-c2ccccc2)cs1. The fourth-order valence-electron chi connectivity index (χ4n) is 3.22. The number of morpholine rings is 1. The Kier molecular flexibility index (Phi) is 6.16. The number of hydrogen-bond donors (Lipinski definition) is 0. The third kappa shape index (κ3) is 4.49. The molecule has 0 spiro atoms. The molecule has 1 aliphatic heterocycles. The van der Waals surface area contributed by atoms with Gasteiger partial charge in [-0.2, -0.15) is 0 Å². The number of hydrogen-bond acceptors (Lipinski definition) is 6. The lowest BCUT2D eigenvalue weighted by molar-refractivity contribution is 0.0376. The molecule has 0 N–H and O–H groups in total. The first kappa shape index (κ1) is 18.9. The summed E-state index contributed by atoms with van der Waals surface area (Å²) in [6.45, 7) is 4.98. The van der Waals surface area contributed by atoms with Crippen LogP contribution in [0.2, 0.25) is 0 Å². The number of carbonyl (C=O) groups is 1. The van der Waals surface area contributed by atoms with Gasteiger partial charge in [-0.25, -0.2) is 4.98 Å². The highest BCUT2D eigenvalue weighted by molar-refractivity contribution is 7.14. The summed E-state index contributed by atoms with van der Waals surface area (Å²) in [5, 5.41) is 2.69. The Morgan fingerprint density at radius 1 is 1.14 bits per heavy atom. The van der Waals surface area contributed by atoms with E-state index in [4.69, 9.17) is 14.1 Å². The number of amides is 1. The Hall–Kier alpha value is -2.48. The summed E-state index contributed by atoms with van der Waals surface area (Å²) in [6.07, 6.45) is 2.39. The molecule has 0 unspecified atom stereocenters. The van der Waals surface area contributed by atoms with Crippen LogP contribution in [0.25, 0.3) is 11.3 Å². The summed E-state index contributed by atoms with van der Waals surface area (Å²) in [5.74, 6) is 0.184. The van der Waals surface area contributed by atoms with E-state index in [2.05, 4.69) is 4.90 Å². The molecule has 1 aromatic carbocycles. The van der Waals surface area contributed by atoms with Gasteiger partial charge in [0.05, 0.1) is 25.2 Å². The van der Waals surface area contributed by atoms with Crippen LogP contribution < -0.4 is 4.90 Å². The van der Waals surface area contributed by atoms with Gasteiger partial charge in [-0.3, -0.25) is 14.6 Å². The number of thiazole rings is 1. The van der Waals surface area contributed by atoms with Crippen molar-refractivity contribution in [2.45, 2.75) is 6.42 Å². The molecule has 1 amide bonds. The Balaban J connectivity index is 1.49. The number of anilines is 1. The van der Waals surface area contributed by atoms with E-state index in [0.29, 0.717) is 17.4 Å². The molecule has 0 atom stereocenters. The zero-order valence-electron chi connectivity index (χ0n) is 15.6. The minimum Gasteiger partial charge on any atom is -0.459 e. The van der Waals surface area contributed by atoms with Gasteiger partial charge in [-0.1, -0.05) is 30.3 Å². The summed E-state index contributed by atoms with van der Waals surface area (Å²) < 4.78 is 10.7. The van der Waals surface area contributed by atoms with Crippen LogP contribution >= 0.6 is 11.3 Å². The monoisotopic (exact) mass is 397 g/mol. The van der Waals surface area contributed by atoms with E-state index in [0.717, 1.165) is 50.5 Å².